The standard InChI is InChI=1S/C17H17N5O3/c1-21-7-5-11-3-2-4-12(16(11)21)9-13-18-15(25-20-13)10-22-8-6-14(23)19-17(22)24/h2-5,7H,6,8-10H2,1H3,(H,19,23,24). The molecule has 0 bridgehead atoms. The summed E-state index contributed by atoms with van der Waals surface area (Å²) in [5.74, 6) is 0.666. The molecule has 0 unspecified atom stereocenters. The molecule has 2 aromatic heterocycles. The van der Waals surface area contributed by atoms with Crippen LogP contribution >= 0.6 is 0 Å². The second-order valence-electron chi connectivity index (χ2n) is 6.09. The van der Waals surface area contributed by atoms with E-state index in [0.717, 1.165) is 11.1 Å². The third-order valence-electron chi connectivity index (χ3n) is 4.31. The number of aryl methyl sites for hydroxylation is 1. The Bertz CT molecular complexity index is 958. The van der Waals surface area contributed by atoms with Gasteiger partial charge in [0.05, 0.1) is 5.52 Å². The van der Waals surface area contributed by atoms with E-state index in [0.29, 0.717) is 24.7 Å². The Morgan fingerprint density at radius 1 is 1.28 bits per heavy atom. The molecule has 4 rings (SSSR count). The Labute approximate surface area is 143 Å². The summed E-state index contributed by atoms with van der Waals surface area (Å²) in [6, 6.07) is 7.76. The number of rotatable bonds is 4. The highest BCUT2D eigenvalue weighted by molar-refractivity contribution is 5.96. The lowest BCUT2D eigenvalue weighted by Crippen LogP contribution is -2.48. The van der Waals surface area contributed by atoms with Crippen LogP contribution in [0, 0.1) is 0 Å². The van der Waals surface area contributed by atoms with Gasteiger partial charge in [-0.25, -0.2) is 4.79 Å². The summed E-state index contributed by atoms with van der Waals surface area (Å²) < 4.78 is 7.33. The molecule has 128 valence electrons. The summed E-state index contributed by atoms with van der Waals surface area (Å²) in [4.78, 5) is 28.8. The zero-order chi connectivity index (χ0) is 17.4. The van der Waals surface area contributed by atoms with Gasteiger partial charge in [0.25, 0.3) is 0 Å². The highest BCUT2D eigenvalue weighted by Crippen LogP contribution is 2.21. The van der Waals surface area contributed by atoms with Crippen LogP contribution in [0.3, 0.4) is 0 Å². The fourth-order valence-corrected chi connectivity index (χ4v) is 3.09. The third kappa shape index (κ3) is 2.98. The lowest BCUT2D eigenvalue weighted by atomic mass is 10.1. The van der Waals surface area contributed by atoms with E-state index in [1.54, 1.807) is 0 Å². The maximum Gasteiger partial charge on any atom is 0.324 e. The van der Waals surface area contributed by atoms with Gasteiger partial charge < -0.3 is 14.0 Å². The number of carbonyl (C=O) groups is 2. The van der Waals surface area contributed by atoms with Crippen LogP contribution in [0.2, 0.25) is 0 Å². The van der Waals surface area contributed by atoms with Crippen molar-refractivity contribution in [2.45, 2.75) is 19.4 Å². The minimum absolute atomic E-state index is 0.195. The maximum atomic E-state index is 11.8. The van der Waals surface area contributed by atoms with E-state index in [4.69, 9.17) is 4.52 Å². The molecule has 1 N–H and O–H groups in total. The number of imide groups is 1. The van der Waals surface area contributed by atoms with Crippen LogP contribution in [0.5, 0.6) is 0 Å². The number of hydrogen-bond acceptors (Lipinski definition) is 5. The van der Waals surface area contributed by atoms with Gasteiger partial charge in [0.2, 0.25) is 11.8 Å². The maximum absolute atomic E-state index is 11.8. The van der Waals surface area contributed by atoms with Crippen LogP contribution in [-0.4, -0.2) is 38.1 Å². The predicted molar refractivity (Wildman–Crippen MR) is 88.6 cm³/mol. The van der Waals surface area contributed by atoms with Crippen molar-refractivity contribution in [3.05, 3.63) is 47.7 Å². The van der Waals surface area contributed by atoms with Crippen molar-refractivity contribution in [3.8, 4) is 0 Å². The molecule has 0 atom stereocenters. The minimum Gasteiger partial charge on any atom is -0.350 e. The molecule has 0 radical (unpaired) electrons. The van der Waals surface area contributed by atoms with Gasteiger partial charge in [0, 0.05) is 32.6 Å². The smallest absolute Gasteiger partial charge is 0.324 e. The molecule has 1 saturated heterocycles. The van der Waals surface area contributed by atoms with E-state index in [1.165, 1.54) is 10.3 Å². The van der Waals surface area contributed by atoms with Crippen molar-refractivity contribution in [1.29, 1.82) is 0 Å². The first-order valence-electron chi connectivity index (χ1n) is 8.03. The molecule has 1 aromatic carbocycles. The Morgan fingerprint density at radius 2 is 2.16 bits per heavy atom. The second kappa shape index (κ2) is 6.04. The Morgan fingerprint density at radius 3 is 3.00 bits per heavy atom. The van der Waals surface area contributed by atoms with Gasteiger partial charge in [0.1, 0.15) is 6.54 Å². The molecule has 1 aliphatic rings. The van der Waals surface area contributed by atoms with Crippen LogP contribution in [0.25, 0.3) is 10.9 Å². The summed E-state index contributed by atoms with van der Waals surface area (Å²) in [5, 5.41) is 7.46. The van der Waals surface area contributed by atoms with Crippen molar-refractivity contribution >= 4 is 22.8 Å². The molecule has 1 fully saturated rings. The molecule has 8 nitrogen and oxygen atoms in total. The molecule has 0 saturated carbocycles. The fraction of sp³-hybridized carbons (Fsp3) is 0.294. The predicted octanol–water partition coefficient (Wildman–Crippen LogP) is 1.59. The number of hydrogen-bond donors (Lipinski definition) is 1. The van der Waals surface area contributed by atoms with E-state index >= 15 is 0 Å². The van der Waals surface area contributed by atoms with Crippen molar-refractivity contribution in [3.63, 3.8) is 0 Å². The van der Waals surface area contributed by atoms with E-state index in [9.17, 15) is 9.59 Å². The minimum atomic E-state index is -0.426. The number of fused-ring (bicyclic) bond motifs is 1. The molecule has 3 heterocycles. The van der Waals surface area contributed by atoms with Gasteiger partial charge in [0.15, 0.2) is 5.82 Å². The summed E-state index contributed by atoms with van der Waals surface area (Å²) >= 11 is 0. The largest absolute Gasteiger partial charge is 0.350 e. The van der Waals surface area contributed by atoms with E-state index < -0.39 is 6.03 Å². The molecular formula is C17H17N5O3. The van der Waals surface area contributed by atoms with Crippen molar-refractivity contribution < 1.29 is 14.1 Å². The zero-order valence-electron chi connectivity index (χ0n) is 13.7. The van der Waals surface area contributed by atoms with Crippen molar-refractivity contribution in [2.75, 3.05) is 6.54 Å². The van der Waals surface area contributed by atoms with E-state index in [2.05, 4.69) is 32.2 Å². The van der Waals surface area contributed by atoms with Gasteiger partial charge in [-0.1, -0.05) is 23.4 Å². The number of nitrogens with zero attached hydrogens (tertiary/aromatic N) is 4. The zero-order valence-corrected chi connectivity index (χ0v) is 13.7. The molecule has 25 heavy (non-hydrogen) atoms. The van der Waals surface area contributed by atoms with Crippen molar-refractivity contribution in [1.82, 2.24) is 24.9 Å². The Balaban J connectivity index is 1.50. The number of urea groups is 1. The van der Waals surface area contributed by atoms with Crippen LogP contribution in [0.15, 0.2) is 35.0 Å². The van der Waals surface area contributed by atoms with Crippen LogP contribution in [0.1, 0.15) is 23.7 Å². The molecule has 0 aliphatic carbocycles. The number of para-hydroxylation sites is 1. The van der Waals surface area contributed by atoms with Gasteiger partial charge in [-0.15, -0.1) is 0 Å². The number of nitrogens with one attached hydrogen (secondary N) is 1. The Hall–Kier alpha value is -3.16. The lowest BCUT2D eigenvalue weighted by Gasteiger charge is -2.24. The molecule has 8 heteroatoms. The molecule has 1 aliphatic heterocycles. The second-order valence-corrected chi connectivity index (χ2v) is 6.09. The lowest BCUT2D eigenvalue weighted by molar-refractivity contribution is -0.121. The monoisotopic (exact) mass is 339 g/mol. The highest BCUT2D eigenvalue weighted by atomic mass is 16.5. The third-order valence-corrected chi connectivity index (χ3v) is 4.31. The first-order chi connectivity index (χ1) is 12.1. The molecule has 3 aromatic rings. The molecule has 3 amide bonds. The Kier molecular flexibility index (Phi) is 3.72. The van der Waals surface area contributed by atoms with Crippen LogP contribution in [-0.2, 0) is 24.8 Å². The van der Waals surface area contributed by atoms with Gasteiger partial charge in [-0.3, -0.25) is 10.1 Å². The van der Waals surface area contributed by atoms with E-state index in [1.807, 2.05) is 25.4 Å². The van der Waals surface area contributed by atoms with Gasteiger partial charge >= 0.3 is 6.03 Å². The SMILES string of the molecule is Cn1ccc2cccc(Cc3noc(CN4CCC(=O)NC4=O)n3)c21. The highest BCUT2D eigenvalue weighted by Gasteiger charge is 2.24. The van der Waals surface area contributed by atoms with Gasteiger partial charge in [-0.2, -0.15) is 4.98 Å². The quantitative estimate of drug-likeness (QED) is 0.779. The molecular weight excluding hydrogens is 322 g/mol. The van der Waals surface area contributed by atoms with Gasteiger partial charge in [-0.05, 0) is 17.0 Å². The number of aromatic nitrogens is 3. The number of benzene rings is 1. The summed E-state index contributed by atoms with van der Waals surface area (Å²) in [6.45, 7) is 0.547. The summed E-state index contributed by atoms with van der Waals surface area (Å²) in [6.07, 6.45) is 2.84. The van der Waals surface area contributed by atoms with Crippen LogP contribution in [0.4, 0.5) is 4.79 Å². The van der Waals surface area contributed by atoms with E-state index in [-0.39, 0.29) is 18.9 Å². The normalized spacial score (nSPS) is 15.0. The first-order valence-corrected chi connectivity index (χ1v) is 8.03. The molecule has 0 spiro atoms. The topological polar surface area (TPSA) is 93.3 Å². The fourth-order valence-electron chi connectivity index (χ4n) is 3.09. The van der Waals surface area contributed by atoms with Crippen LogP contribution < -0.4 is 5.32 Å². The average Bonchev–Trinajstić information content (AvgIpc) is 3.18. The average molecular weight is 339 g/mol. The number of carbonyl (C=O) groups excluding carboxylic acids is 2. The number of amides is 3. The first kappa shape index (κ1) is 15.4. The van der Waals surface area contributed by atoms with Crippen molar-refractivity contribution in [2.24, 2.45) is 7.05 Å². The summed E-state index contributed by atoms with van der Waals surface area (Å²) in [7, 11) is 2.00. The summed E-state index contributed by atoms with van der Waals surface area (Å²) in [5.41, 5.74) is 2.25.